The SMILES string of the molecule is CCNC(=O)C(Cc1ccccc1)N(Cc1ccc(F)cc1)C(=O)CCc1ccc(OC)c(OC)c1. The van der Waals surface area contributed by atoms with Crippen molar-refractivity contribution in [2.24, 2.45) is 0 Å². The quantitative estimate of drug-likeness (QED) is 0.403. The molecule has 0 saturated heterocycles. The monoisotopic (exact) mass is 492 g/mol. The Labute approximate surface area is 212 Å². The minimum Gasteiger partial charge on any atom is -0.493 e. The van der Waals surface area contributed by atoms with Crippen LogP contribution in [0.3, 0.4) is 0 Å². The number of amides is 2. The van der Waals surface area contributed by atoms with Crippen LogP contribution in [0, 0.1) is 5.82 Å². The molecular weight excluding hydrogens is 459 g/mol. The molecule has 0 radical (unpaired) electrons. The number of ether oxygens (including phenoxy) is 2. The Hall–Kier alpha value is -3.87. The Bertz CT molecular complexity index is 1140. The summed E-state index contributed by atoms with van der Waals surface area (Å²) < 4.78 is 24.2. The van der Waals surface area contributed by atoms with E-state index in [2.05, 4.69) is 5.32 Å². The summed E-state index contributed by atoms with van der Waals surface area (Å²) in [6.45, 7) is 2.49. The third kappa shape index (κ3) is 7.31. The smallest absolute Gasteiger partial charge is 0.243 e. The number of likely N-dealkylation sites (N-methyl/N-ethyl adjacent to an activating group) is 1. The number of nitrogens with one attached hydrogen (secondary N) is 1. The molecule has 1 N–H and O–H groups in total. The van der Waals surface area contributed by atoms with Crippen molar-refractivity contribution in [3.05, 3.63) is 95.3 Å². The van der Waals surface area contributed by atoms with Gasteiger partial charge < -0.3 is 19.7 Å². The van der Waals surface area contributed by atoms with Crippen molar-refractivity contribution < 1.29 is 23.5 Å². The van der Waals surface area contributed by atoms with E-state index in [0.29, 0.717) is 30.9 Å². The van der Waals surface area contributed by atoms with Gasteiger partial charge in [0.05, 0.1) is 14.2 Å². The number of rotatable bonds is 12. The maximum atomic E-state index is 13.6. The lowest BCUT2D eigenvalue weighted by Gasteiger charge is -2.31. The lowest BCUT2D eigenvalue weighted by atomic mass is 10.0. The van der Waals surface area contributed by atoms with Gasteiger partial charge >= 0.3 is 0 Å². The van der Waals surface area contributed by atoms with Gasteiger partial charge in [0.1, 0.15) is 11.9 Å². The molecule has 0 spiro atoms. The zero-order valence-electron chi connectivity index (χ0n) is 21.0. The maximum absolute atomic E-state index is 13.6. The molecule has 0 heterocycles. The van der Waals surface area contributed by atoms with E-state index in [0.717, 1.165) is 16.7 Å². The van der Waals surface area contributed by atoms with Crippen molar-refractivity contribution in [3.8, 4) is 11.5 Å². The van der Waals surface area contributed by atoms with E-state index in [1.165, 1.54) is 12.1 Å². The van der Waals surface area contributed by atoms with Crippen LogP contribution >= 0.6 is 0 Å². The minimum atomic E-state index is -0.713. The van der Waals surface area contributed by atoms with Crippen LogP contribution in [-0.2, 0) is 29.0 Å². The maximum Gasteiger partial charge on any atom is 0.243 e. The summed E-state index contributed by atoms with van der Waals surface area (Å²) in [6, 6.07) is 20.5. The molecule has 0 saturated carbocycles. The van der Waals surface area contributed by atoms with Gasteiger partial charge in [-0.3, -0.25) is 9.59 Å². The number of hydrogen-bond acceptors (Lipinski definition) is 4. The molecule has 0 bridgehead atoms. The number of nitrogens with zero attached hydrogens (tertiary/aromatic N) is 1. The molecule has 1 unspecified atom stereocenters. The molecule has 6 nitrogen and oxygen atoms in total. The normalized spacial score (nSPS) is 11.4. The van der Waals surface area contributed by atoms with E-state index in [4.69, 9.17) is 9.47 Å². The van der Waals surface area contributed by atoms with Crippen LogP contribution in [0.25, 0.3) is 0 Å². The number of carbonyl (C=O) groups excluding carboxylic acids is 2. The van der Waals surface area contributed by atoms with Crippen molar-refractivity contribution in [1.82, 2.24) is 10.2 Å². The van der Waals surface area contributed by atoms with Crippen LogP contribution in [0.1, 0.15) is 30.0 Å². The number of halogens is 1. The first-order valence-corrected chi connectivity index (χ1v) is 12.0. The molecule has 3 aromatic carbocycles. The van der Waals surface area contributed by atoms with Gasteiger partial charge in [-0.2, -0.15) is 0 Å². The summed E-state index contributed by atoms with van der Waals surface area (Å²) in [4.78, 5) is 28.4. The summed E-state index contributed by atoms with van der Waals surface area (Å²) >= 11 is 0. The van der Waals surface area contributed by atoms with Crippen LogP contribution < -0.4 is 14.8 Å². The van der Waals surface area contributed by atoms with E-state index in [1.54, 1.807) is 31.3 Å². The first-order valence-electron chi connectivity index (χ1n) is 12.0. The number of aryl methyl sites for hydroxylation is 1. The van der Waals surface area contributed by atoms with Gasteiger partial charge in [-0.1, -0.05) is 48.5 Å². The second kappa shape index (κ2) is 13.3. The van der Waals surface area contributed by atoms with Crippen LogP contribution in [-0.4, -0.2) is 43.5 Å². The Morgan fingerprint density at radius 3 is 2.19 bits per heavy atom. The second-order valence-electron chi connectivity index (χ2n) is 8.44. The molecule has 0 aliphatic rings. The van der Waals surface area contributed by atoms with E-state index < -0.39 is 6.04 Å². The molecule has 190 valence electrons. The Balaban J connectivity index is 1.87. The van der Waals surface area contributed by atoms with E-state index in [9.17, 15) is 14.0 Å². The molecule has 0 aliphatic carbocycles. The molecule has 0 aliphatic heterocycles. The highest BCUT2D eigenvalue weighted by Gasteiger charge is 2.30. The Morgan fingerprint density at radius 1 is 0.889 bits per heavy atom. The van der Waals surface area contributed by atoms with Crippen LogP contribution in [0.4, 0.5) is 4.39 Å². The first-order chi connectivity index (χ1) is 17.4. The molecule has 0 aromatic heterocycles. The molecule has 2 amide bonds. The number of benzene rings is 3. The van der Waals surface area contributed by atoms with Gasteiger partial charge in [0.2, 0.25) is 11.8 Å². The van der Waals surface area contributed by atoms with Gasteiger partial charge in [-0.25, -0.2) is 4.39 Å². The van der Waals surface area contributed by atoms with E-state index >= 15 is 0 Å². The lowest BCUT2D eigenvalue weighted by molar-refractivity contribution is -0.141. The summed E-state index contributed by atoms with van der Waals surface area (Å²) in [5.74, 6) is 0.471. The van der Waals surface area contributed by atoms with Crippen molar-refractivity contribution in [3.63, 3.8) is 0 Å². The van der Waals surface area contributed by atoms with Gasteiger partial charge in [0, 0.05) is 25.9 Å². The average Bonchev–Trinajstić information content (AvgIpc) is 2.90. The number of hydrogen-bond donors (Lipinski definition) is 1. The predicted molar refractivity (Wildman–Crippen MR) is 137 cm³/mol. The molecule has 3 rings (SSSR count). The zero-order valence-corrected chi connectivity index (χ0v) is 21.0. The fourth-order valence-electron chi connectivity index (χ4n) is 4.06. The average molecular weight is 493 g/mol. The van der Waals surface area contributed by atoms with Gasteiger partial charge in [0.15, 0.2) is 11.5 Å². The highest BCUT2D eigenvalue weighted by molar-refractivity contribution is 5.88. The second-order valence-corrected chi connectivity index (χ2v) is 8.44. The standard InChI is InChI=1S/C29H33FN2O4/c1-4-31-29(34)25(18-21-8-6-5-7-9-21)32(20-23-10-14-24(30)15-11-23)28(33)17-13-22-12-16-26(35-2)27(19-22)36-3/h5-12,14-16,19,25H,4,13,17-18,20H2,1-3H3,(H,31,34). The summed E-state index contributed by atoms with van der Waals surface area (Å²) in [6.07, 6.45) is 1.03. The molecule has 0 fully saturated rings. The third-order valence-corrected chi connectivity index (χ3v) is 5.96. The number of methoxy groups -OCH3 is 2. The van der Waals surface area contributed by atoms with Crippen molar-refractivity contribution in [1.29, 1.82) is 0 Å². The van der Waals surface area contributed by atoms with Gasteiger partial charge in [-0.05, 0) is 54.3 Å². The Morgan fingerprint density at radius 2 is 1.56 bits per heavy atom. The molecule has 1 atom stereocenters. The number of carbonyl (C=O) groups is 2. The van der Waals surface area contributed by atoms with E-state index in [1.807, 2.05) is 55.5 Å². The van der Waals surface area contributed by atoms with Crippen LogP contribution in [0.2, 0.25) is 0 Å². The fraction of sp³-hybridized carbons (Fsp3) is 0.310. The zero-order chi connectivity index (χ0) is 25.9. The van der Waals surface area contributed by atoms with Gasteiger partial charge in [-0.15, -0.1) is 0 Å². The predicted octanol–water partition coefficient (Wildman–Crippen LogP) is 4.55. The third-order valence-electron chi connectivity index (χ3n) is 5.96. The minimum absolute atomic E-state index is 0.165. The first kappa shape index (κ1) is 26.7. The lowest BCUT2D eigenvalue weighted by Crippen LogP contribution is -2.50. The van der Waals surface area contributed by atoms with Crippen LogP contribution in [0.15, 0.2) is 72.8 Å². The molecular formula is C29H33FN2O4. The largest absolute Gasteiger partial charge is 0.493 e. The fourth-order valence-corrected chi connectivity index (χ4v) is 4.06. The molecule has 7 heteroatoms. The highest BCUT2D eigenvalue weighted by atomic mass is 19.1. The topological polar surface area (TPSA) is 67.9 Å². The van der Waals surface area contributed by atoms with E-state index in [-0.39, 0.29) is 30.6 Å². The molecule has 3 aromatic rings. The summed E-state index contributed by atoms with van der Waals surface area (Å²) in [5.41, 5.74) is 2.61. The molecule has 36 heavy (non-hydrogen) atoms. The van der Waals surface area contributed by atoms with Crippen molar-refractivity contribution in [2.75, 3.05) is 20.8 Å². The highest BCUT2D eigenvalue weighted by Crippen LogP contribution is 2.28. The van der Waals surface area contributed by atoms with Crippen molar-refractivity contribution in [2.45, 2.75) is 38.8 Å². The summed E-state index contributed by atoms with van der Waals surface area (Å²) in [7, 11) is 3.14. The Kier molecular flexibility index (Phi) is 9.86. The van der Waals surface area contributed by atoms with Crippen molar-refractivity contribution >= 4 is 11.8 Å². The summed E-state index contributed by atoms with van der Waals surface area (Å²) in [5, 5.41) is 2.87. The van der Waals surface area contributed by atoms with Crippen LogP contribution in [0.5, 0.6) is 11.5 Å². The van der Waals surface area contributed by atoms with Gasteiger partial charge in [0.25, 0.3) is 0 Å².